The third-order valence-electron chi connectivity index (χ3n) is 3.53. The average molecular weight is 242 g/mol. The smallest absolute Gasteiger partial charge is 0.307 e. The van der Waals surface area contributed by atoms with Gasteiger partial charge in [0, 0.05) is 25.2 Å². The van der Waals surface area contributed by atoms with Gasteiger partial charge in [-0.25, -0.2) is 0 Å². The van der Waals surface area contributed by atoms with Crippen LogP contribution in [0.2, 0.25) is 0 Å². The highest BCUT2D eigenvalue weighted by molar-refractivity contribution is 5.69. The van der Waals surface area contributed by atoms with Crippen LogP contribution in [-0.2, 0) is 4.79 Å². The van der Waals surface area contributed by atoms with Crippen LogP contribution in [0, 0.1) is 5.92 Å². The first-order valence-corrected chi connectivity index (χ1v) is 6.71. The van der Waals surface area contributed by atoms with E-state index in [2.05, 4.69) is 24.1 Å². The van der Waals surface area contributed by atoms with Gasteiger partial charge in [0.05, 0.1) is 5.92 Å². The zero-order valence-electron chi connectivity index (χ0n) is 11.3. The van der Waals surface area contributed by atoms with Crippen molar-refractivity contribution in [1.29, 1.82) is 0 Å². The molecule has 4 heteroatoms. The first-order chi connectivity index (χ1) is 8.00. The van der Waals surface area contributed by atoms with Gasteiger partial charge in [-0.2, -0.15) is 0 Å². The van der Waals surface area contributed by atoms with E-state index in [1.54, 1.807) is 6.92 Å². The minimum absolute atomic E-state index is 0.291. The number of nitrogens with zero attached hydrogens (tertiary/aromatic N) is 1. The molecular weight excluding hydrogens is 216 g/mol. The normalized spacial score (nSPS) is 23.0. The Morgan fingerprint density at radius 3 is 2.59 bits per heavy atom. The Morgan fingerprint density at radius 2 is 2.12 bits per heavy atom. The number of carbonyl (C=O) groups is 1. The summed E-state index contributed by atoms with van der Waals surface area (Å²) < 4.78 is 0. The van der Waals surface area contributed by atoms with E-state index in [9.17, 15) is 4.79 Å². The van der Waals surface area contributed by atoms with Crippen molar-refractivity contribution in [3.8, 4) is 0 Å². The SMILES string of the molecule is CC(CN(CC1CCCCN1)C(C)C)C(=O)O. The number of nitrogens with one attached hydrogen (secondary N) is 1. The second-order valence-corrected chi connectivity index (χ2v) is 5.43. The highest BCUT2D eigenvalue weighted by atomic mass is 16.4. The van der Waals surface area contributed by atoms with Crippen LogP contribution in [0.3, 0.4) is 0 Å². The van der Waals surface area contributed by atoms with Crippen molar-refractivity contribution in [2.45, 2.75) is 52.1 Å². The fourth-order valence-electron chi connectivity index (χ4n) is 2.29. The molecule has 0 saturated carbocycles. The summed E-state index contributed by atoms with van der Waals surface area (Å²) in [5.41, 5.74) is 0. The molecule has 4 nitrogen and oxygen atoms in total. The minimum Gasteiger partial charge on any atom is -0.481 e. The lowest BCUT2D eigenvalue weighted by Gasteiger charge is -2.34. The molecule has 0 radical (unpaired) electrons. The standard InChI is InChI=1S/C13H26N2O2/c1-10(2)15(8-11(3)13(16)17)9-12-6-4-5-7-14-12/h10-12,14H,4-9H2,1-3H3,(H,16,17). The quantitative estimate of drug-likeness (QED) is 0.742. The molecule has 0 aromatic rings. The molecule has 1 fully saturated rings. The highest BCUT2D eigenvalue weighted by Crippen LogP contribution is 2.12. The van der Waals surface area contributed by atoms with Crippen molar-refractivity contribution in [1.82, 2.24) is 10.2 Å². The van der Waals surface area contributed by atoms with Gasteiger partial charge in [0.25, 0.3) is 0 Å². The van der Waals surface area contributed by atoms with Crippen LogP contribution < -0.4 is 5.32 Å². The van der Waals surface area contributed by atoms with Crippen molar-refractivity contribution in [2.75, 3.05) is 19.6 Å². The summed E-state index contributed by atoms with van der Waals surface area (Å²) in [6.45, 7) is 8.77. The van der Waals surface area contributed by atoms with Crippen molar-refractivity contribution < 1.29 is 9.90 Å². The molecule has 1 heterocycles. The molecule has 1 aliphatic rings. The molecule has 0 bridgehead atoms. The zero-order chi connectivity index (χ0) is 12.8. The first-order valence-electron chi connectivity index (χ1n) is 6.71. The highest BCUT2D eigenvalue weighted by Gasteiger charge is 2.22. The topological polar surface area (TPSA) is 52.6 Å². The van der Waals surface area contributed by atoms with Gasteiger partial charge >= 0.3 is 5.97 Å². The molecule has 0 aromatic carbocycles. The summed E-state index contributed by atoms with van der Waals surface area (Å²) in [6.07, 6.45) is 3.77. The minimum atomic E-state index is -0.702. The molecule has 17 heavy (non-hydrogen) atoms. The van der Waals surface area contributed by atoms with E-state index in [1.807, 2.05) is 0 Å². The largest absolute Gasteiger partial charge is 0.481 e. The van der Waals surface area contributed by atoms with Gasteiger partial charge in [0.2, 0.25) is 0 Å². The van der Waals surface area contributed by atoms with E-state index in [1.165, 1.54) is 19.3 Å². The molecule has 100 valence electrons. The second kappa shape index (κ2) is 6.97. The predicted octanol–water partition coefficient (Wildman–Crippen LogP) is 1.56. The van der Waals surface area contributed by atoms with Gasteiger partial charge in [-0.3, -0.25) is 9.69 Å². The third kappa shape index (κ3) is 5.04. The first kappa shape index (κ1) is 14.5. The van der Waals surface area contributed by atoms with Gasteiger partial charge in [0.1, 0.15) is 0 Å². The molecule has 0 amide bonds. The Bertz CT molecular complexity index is 238. The lowest BCUT2D eigenvalue weighted by atomic mass is 10.0. The number of aliphatic carboxylic acids is 1. The molecule has 1 rings (SSSR count). The zero-order valence-corrected chi connectivity index (χ0v) is 11.3. The van der Waals surface area contributed by atoms with Gasteiger partial charge in [-0.05, 0) is 33.2 Å². The lowest BCUT2D eigenvalue weighted by Crippen LogP contribution is -2.47. The van der Waals surface area contributed by atoms with E-state index in [0.717, 1.165) is 13.1 Å². The molecule has 0 aliphatic carbocycles. The summed E-state index contributed by atoms with van der Waals surface area (Å²) in [6, 6.07) is 0.938. The fraction of sp³-hybridized carbons (Fsp3) is 0.923. The lowest BCUT2D eigenvalue weighted by molar-refractivity contribution is -0.141. The monoisotopic (exact) mass is 242 g/mol. The molecule has 1 saturated heterocycles. The number of rotatable bonds is 6. The maximum atomic E-state index is 10.9. The molecular formula is C13H26N2O2. The Labute approximate surface area is 104 Å². The Balaban J connectivity index is 2.44. The number of carboxylic acids is 1. The molecule has 2 unspecified atom stereocenters. The Kier molecular flexibility index (Phi) is 5.92. The predicted molar refractivity (Wildman–Crippen MR) is 69.2 cm³/mol. The summed E-state index contributed by atoms with van der Waals surface area (Å²) in [5.74, 6) is -0.992. The van der Waals surface area contributed by atoms with Crippen molar-refractivity contribution >= 4 is 5.97 Å². The second-order valence-electron chi connectivity index (χ2n) is 5.43. The van der Waals surface area contributed by atoms with E-state index >= 15 is 0 Å². The Hall–Kier alpha value is -0.610. The number of hydrogen-bond donors (Lipinski definition) is 2. The van der Waals surface area contributed by atoms with E-state index in [0.29, 0.717) is 18.6 Å². The van der Waals surface area contributed by atoms with E-state index in [-0.39, 0.29) is 5.92 Å². The molecule has 1 aliphatic heterocycles. The average Bonchev–Trinajstić information content (AvgIpc) is 2.29. The Morgan fingerprint density at radius 1 is 1.41 bits per heavy atom. The number of hydrogen-bond acceptors (Lipinski definition) is 3. The third-order valence-corrected chi connectivity index (χ3v) is 3.53. The van der Waals surface area contributed by atoms with Crippen LogP contribution in [-0.4, -0.2) is 47.7 Å². The van der Waals surface area contributed by atoms with E-state index in [4.69, 9.17) is 5.11 Å². The van der Waals surface area contributed by atoms with Crippen LogP contribution in [0.4, 0.5) is 0 Å². The molecule has 0 spiro atoms. The maximum Gasteiger partial charge on any atom is 0.307 e. The van der Waals surface area contributed by atoms with Gasteiger partial charge < -0.3 is 10.4 Å². The van der Waals surface area contributed by atoms with Crippen molar-refractivity contribution in [3.63, 3.8) is 0 Å². The number of piperidine rings is 1. The van der Waals surface area contributed by atoms with Crippen LogP contribution in [0.5, 0.6) is 0 Å². The van der Waals surface area contributed by atoms with Gasteiger partial charge in [-0.15, -0.1) is 0 Å². The maximum absolute atomic E-state index is 10.9. The molecule has 2 N–H and O–H groups in total. The summed E-state index contributed by atoms with van der Waals surface area (Å²) in [4.78, 5) is 13.2. The summed E-state index contributed by atoms with van der Waals surface area (Å²) in [7, 11) is 0. The van der Waals surface area contributed by atoms with E-state index < -0.39 is 5.97 Å². The molecule has 2 atom stereocenters. The van der Waals surface area contributed by atoms with Gasteiger partial charge in [-0.1, -0.05) is 13.3 Å². The van der Waals surface area contributed by atoms with Crippen LogP contribution >= 0.6 is 0 Å². The van der Waals surface area contributed by atoms with Crippen LogP contribution in [0.1, 0.15) is 40.0 Å². The van der Waals surface area contributed by atoms with Crippen molar-refractivity contribution in [2.24, 2.45) is 5.92 Å². The molecule has 0 aromatic heterocycles. The number of carboxylic acid groups (broad SMARTS) is 1. The van der Waals surface area contributed by atoms with Gasteiger partial charge in [0.15, 0.2) is 0 Å². The van der Waals surface area contributed by atoms with Crippen LogP contribution in [0.15, 0.2) is 0 Å². The summed E-state index contributed by atoms with van der Waals surface area (Å²) in [5, 5.41) is 12.5. The van der Waals surface area contributed by atoms with Crippen LogP contribution in [0.25, 0.3) is 0 Å². The fourth-order valence-corrected chi connectivity index (χ4v) is 2.29. The van der Waals surface area contributed by atoms with Crippen molar-refractivity contribution in [3.05, 3.63) is 0 Å². The summed E-state index contributed by atoms with van der Waals surface area (Å²) >= 11 is 0.